The van der Waals surface area contributed by atoms with E-state index in [1.165, 1.54) is 23.1 Å². The van der Waals surface area contributed by atoms with Crippen LogP contribution in [0.4, 0.5) is 5.69 Å². The number of para-hydroxylation sites is 1. The molecule has 1 N–H and O–H groups in total. The van der Waals surface area contributed by atoms with Gasteiger partial charge in [-0.25, -0.2) is 4.98 Å². The van der Waals surface area contributed by atoms with Gasteiger partial charge in [-0.1, -0.05) is 37.6 Å². The number of anilines is 1. The highest BCUT2D eigenvalue weighted by atomic mass is 32.1. The fraction of sp³-hybridized carbons (Fsp3) is 0.300. The van der Waals surface area contributed by atoms with Gasteiger partial charge in [0.2, 0.25) is 0 Å². The van der Waals surface area contributed by atoms with E-state index < -0.39 is 0 Å². The van der Waals surface area contributed by atoms with E-state index in [4.69, 9.17) is 12.2 Å². The zero-order chi connectivity index (χ0) is 17.6. The van der Waals surface area contributed by atoms with Gasteiger partial charge in [0.05, 0.1) is 16.8 Å². The monoisotopic (exact) mass is 369 g/mol. The van der Waals surface area contributed by atoms with Crippen LogP contribution in [0.2, 0.25) is 0 Å². The highest BCUT2D eigenvalue weighted by molar-refractivity contribution is 7.80. The lowest BCUT2D eigenvalue weighted by molar-refractivity contribution is 0.507. The van der Waals surface area contributed by atoms with Gasteiger partial charge in [0.25, 0.3) is 0 Å². The Hall–Kier alpha value is -1.98. The largest absolute Gasteiger partial charge is 0.345 e. The zero-order valence-corrected chi connectivity index (χ0v) is 16.3. The van der Waals surface area contributed by atoms with Gasteiger partial charge >= 0.3 is 0 Å². The lowest BCUT2D eigenvalue weighted by Crippen LogP contribution is -2.30. The second kappa shape index (κ2) is 8.41. The number of rotatable bonds is 6. The van der Waals surface area contributed by atoms with Gasteiger partial charge in [-0.05, 0) is 54.9 Å². The zero-order valence-electron chi connectivity index (χ0n) is 14.7. The first kappa shape index (κ1) is 17.8. The van der Waals surface area contributed by atoms with Crippen molar-refractivity contribution in [3.05, 3.63) is 59.1 Å². The van der Waals surface area contributed by atoms with Crippen LogP contribution in [0.1, 0.15) is 30.3 Å². The molecule has 0 atom stereocenters. The van der Waals surface area contributed by atoms with Gasteiger partial charge in [0, 0.05) is 12.7 Å². The SMILES string of the molecule is CCCCc1ccc(NC(=S)N(C)Cc2nc3ccccc3s2)cc1. The minimum atomic E-state index is 0.708. The Morgan fingerprint density at radius 2 is 1.92 bits per heavy atom. The van der Waals surface area contributed by atoms with Crippen molar-refractivity contribution < 1.29 is 0 Å². The molecule has 0 fully saturated rings. The molecule has 1 heterocycles. The lowest BCUT2D eigenvalue weighted by Gasteiger charge is -2.20. The molecule has 2 aromatic carbocycles. The molecule has 0 spiro atoms. The predicted octanol–water partition coefficient (Wildman–Crippen LogP) is 5.47. The number of hydrogen-bond acceptors (Lipinski definition) is 3. The maximum absolute atomic E-state index is 5.53. The predicted molar refractivity (Wildman–Crippen MR) is 112 cm³/mol. The fourth-order valence-electron chi connectivity index (χ4n) is 2.62. The molecule has 3 rings (SSSR count). The third-order valence-electron chi connectivity index (χ3n) is 4.08. The van der Waals surface area contributed by atoms with Crippen LogP contribution < -0.4 is 5.32 Å². The number of nitrogens with zero attached hydrogens (tertiary/aromatic N) is 2. The molecule has 0 aliphatic carbocycles. The van der Waals surface area contributed by atoms with Crippen molar-refractivity contribution in [2.45, 2.75) is 32.7 Å². The molecule has 0 saturated heterocycles. The first-order chi connectivity index (χ1) is 12.2. The third-order valence-corrected chi connectivity index (χ3v) is 5.52. The van der Waals surface area contributed by atoms with E-state index in [2.05, 4.69) is 47.6 Å². The van der Waals surface area contributed by atoms with Crippen LogP contribution in [-0.4, -0.2) is 22.0 Å². The molecule has 0 radical (unpaired) electrons. The van der Waals surface area contributed by atoms with Crippen molar-refractivity contribution >= 4 is 44.6 Å². The van der Waals surface area contributed by atoms with E-state index in [1.54, 1.807) is 11.3 Å². The maximum Gasteiger partial charge on any atom is 0.173 e. The van der Waals surface area contributed by atoms with Crippen LogP contribution in [-0.2, 0) is 13.0 Å². The van der Waals surface area contributed by atoms with Gasteiger partial charge in [-0.2, -0.15) is 0 Å². The smallest absolute Gasteiger partial charge is 0.173 e. The Balaban J connectivity index is 1.58. The summed E-state index contributed by atoms with van der Waals surface area (Å²) in [6.45, 7) is 2.93. The number of aryl methyl sites for hydroxylation is 1. The number of benzene rings is 2. The summed E-state index contributed by atoms with van der Waals surface area (Å²) in [5, 5.41) is 5.09. The number of thiocarbonyl (C=S) groups is 1. The second-order valence-corrected chi connectivity index (χ2v) is 7.66. The summed E-state index contributed by atoms with van der Waals surface area (Å²) >= 11 is 7.25. The number of nitrogens with one attached hydrogen (secondary N) is 1. The highest BCUT2D eigenvalue weighted by Gasteiger charge is 2.09. The molecule has 0 saturated carbocycles. The molecule has 5 heteroatoms. The van der Waals surface area contributed by atoms with E-state index >= 15 is 0 Å². The van der Waals surface area contributed by atoms with Crippen molar-refractivity contribution in [2.24, 2.45) is 0 Å². The van der Waals surface area contributed by atoms with Crippen LogP contribution in [0, 0.1) is 0 Å². The summed E-state index contributed by atoms with van der Waals surface area (Å²) in [7, 11) is 2.00. The van der Waals surface area contributed by atoms with E-state index in [9.17, 15) is 0 Å². The Bertz CT molecular complexity index is 807. The minimum absolute atomic E-state index is 0.708. The Morgan fingerprint density at radius 1 is 1.16 bits per heavy atom. The Morgan fingerprint density at radius 3 is 2.64 bits per heavy atom. The first-order valence-electron chi connectivity index (χ1n) is 8.61. The molecule has 0 unspecified atom stereocenters. The van der Waals surface area contributed by atoms with Gasteiger partial charge in [-0.15, -0.1) is 11.3 Å². The molecule has 3 aromatic rings. The van der Waals surface area contributed by atoms with Crippen LogP contribution in [0.15, 0.2) is 48.5 Å². The average molecular weight is 370 g/mol. The summed E-state index contributed by atoms with van der Waals surface area (Å²) < 4.78 is 1.22. The third kappa shape index (κ3) is 4.77. The first-order valence-corrected chi connectivity index (χ1v) is 9.83. The molecule has 1 aromatic heterocycles. The quantitative estimate of drug-likeness (QED) is 0.583. The van der Waals surface area contributed by atoms with Gasteiger partial charge in [-0.3, -0.25) is 0 Å². The van der Waals surface area contributed by atoms with E-state index in [1.807, 2.05) is 30.1 Å². The standard InChI is InChI=1S/C20H23N3S2/c1-3-4-7-15-10-12-16(13-11-15)21-20(24)23(2)14-19-22-17-8-5-6-9-18(17)25-19/h5-6,8-13H,3-4,7,14H2,1-2H3,(H,21,24). The molecule has 0 amide bonds. The highest BCUT2D eigenvalue weighted by Crippen LogP contribution is 2.22. The molecule has 0 aliphatic heterocycles. The molecular weight excluding hydrogens is 346 g/mol. The Kier molecular flexibility index (Phi) is 6.00. The summed E-state index contributed by atoms with van der Waals surface area (Å²) in [4.78, 5) is 6.70. The molecule has 3 nitrogen and oxygen atoms in total. The minimum Gasteiger partial charge on any atom is -0.345 e. The van der Waals surface area contributed by atoms with Gasteiger partial charge < -0.3 is 10.2 Å². The van der Waals surface area contributed by atoms with Crippen LogP contribution in [0.5, 0.6) is 0 Å². The number of thiazole rings is 1. The topological polar surface area (TPSA) is 28.2 Å². The summed E-state index contributed by atoms with van der Waals surface area (Å²) in [6.07, 6.45) is 3.59. The van der Waals surface area contributed by atoms with Gasteiger partial charge in [0.15, 0.2) is 5.11 Å². The number of aromatic nitrogens is 1. The maximum atomic E-state index is 5.53. The van der Waals surface area contributed by atoms with Crippen LogP contribution in [0.3, 0.4) is 0 Å². The molecule has 0 aliphatic rings. The van der Waals surface area contributed by atoms with Gasteiger partial charge in [0.1, 0.15) is 5.01 Å². The summed E-state index contributed by atoms with van der Waals surface area (Å²) in [6, 6.07) is 16.8. The second-order valence-electron chi connectivity index (χ2n) is 6.16. The average Bonchev–Trinajstić information content (AvgIpc) is 3.03. The van der Waals surface area contributed by atoms with Crippen molar-refractivity contribution in [2.75, 3.05) is 12.4 Å². The van der Waals surface area contributed by atoms with Crippen LogP contribution in [0.25, 0.3) is 10.2 Å². The molecule has 0 bridgehead atoms. The number of fused-ring (bicyclic) bond motifs is 1. The fourth-order valence-corrected chi connectivity index (χ4v) is 3.82. The van der Waals surface area contributed by atoms with Crippen molar-refractivity contribution in [3.63, 3.8) is 0 Å². The van der Waals surface area contributed by atoms with E-state index in [-0.39, 0.29) is 0 Å². The van der Waals surface area contributed by atoms with Crippen molar-refractivity contribution in [3.8, 4) is 0 Å². The molecule has 25 heavy (non-hydrogen) atoms. The summed E-state index contributed by atoms with van der Waals surface area (Å²) in [5.74, 6) is 0. The molecule has 130 valence electrons. The number of hydrogen-bond donors (Lipinski definition) is 1. The lowest BCUT2D eigenvalue weighted by atomic mass is 10.1. The van der Waals surface area contributed by atoms with Crippen molar-refractivity contribution in [1.82, 2.24) is 9.88 Å². The van der Waals surface area contributed by atoms with Crippen molar-refractivity contribution in [1.29, 1.82) is 0 Å². The van der Waals surface area contributed by atoms with E-state index in [0.29, 0.717) is 11.7 Å². The van der Waals surface area contributed by atoms with Crippen LogP contribution >= 0.6 is 23.6 Å². The molecular formula is C20H23N3S2. The number of unbranched alkanes of at least 4 members (excludes halogenated alkanes) is 1. The van der Waals surface area contributed by atoms with E-state index in [0.717, 1.165) is 22.6 Å². The summed E-state index contributed by atoms with van der Waals surface area (Å²) in [5.41, 5.74) is 3.46. The Labute approximate surface area is 158 Å². The normalized spacial score (nSPS) is 10.8.